The lowest BCUT2D eigenvalue weighted by atomic mass is 10.1. The maximum atomic E-state index is 11.2. The number of carbonyl (C=O) groups is 1. The van der Waals surface area contributed by atoms with Crippen LogP contribution in [0, 0.1) is 5.92 Å². The second-order valence-corrected chi connectivity index (χ2v) is 6.07. The van der Waals surface area contributed by atoms with Crippen LogP contribution in [0.4, 0.5) is 0 Å². The molecule has 0 bridgehead atoms. The van der Waals surface area contributed by atoms with Crippen molar-refractivity contribution >= 4 is 17.7 Å². The summed E-state index contributed by atoms with van der Waals surface area (Å²) in [7, 11) is 1.44. The highest BCUT2D eigenvalue weighted by atomic mass is 32.2. The van der Waals surface area contributed by atoms with Gasteiger partial charge in [-0.05, 0) is 26.7 Å². The molecule has 2 atom stereocenters. The van der Waals surface area contributed by atoms with E-state index in [1.807, 2.05) is 6.92 Å². The summed E-state index contributed by atoms with van der Waals surface area (Å²) in [5.74, 6) is 1.64. The highest BCUT2D eigenvalue weighted by Crippen LogP contribution is 2.31. The van der Waals surface area contributed by atoms with Gasteiger partial charge in [0, 0.05) is 11.5 Å². The van der Waals surface area contributed by atoms with E-state index in [0.717, 1.165) is 24.3 Å². The van der Waals surface area contributed by atoms with Gasteiger partial charge in [0.2, 0.25) is 0 Å². The van der Waals surface area contributed by atoms with Gasteiger partial charge in [-0.1, -0.05) is 6.92 Å². The molecule has 0 spiro atoms. The molecule has 1 heterocycles. The zero-order chi connectivity index (χ0) is 12.2. The van der Waals surface area contributed by atoms with Crippen molar-refractivity contribution in [3.8, 4) is 0 Å². The molecule has 16 heavy (non-hydrogen) atoms. The van der Waals surface area contributed by atoms with Crippen LogP contribution in [0.25, 0.3) is 0 Å². The molecule has 0 saturated carbocycles. The second-order valence-electron chi connectivity index (χ2n) is 5.00. The summed E-state index contributed by atoms with van der Waals surface area (Å²) in [4.78, 5) is 11.2. The fourth-order valence-corrected chi connectivity index (χ4v) is 2.96. The van der Waals surface area contributed by atoms with Crippen LogP contribution in [0.5, 0.6) is 0 Å². The molecule has 0 aromatic heterocycles. The maximum Gasteiger partial charge on any atom is 0.309 e. The molecule has 3 nitrogen and oxygen atoms in total. The molecule has 1 saturated heterocycles. The Kier molecular flexibility index (Phi) is 5.12. The molecule has 0 N–H and O–H groups in total. The van der Waals surface area contributed by atoms with E-state index in [4.69, 9.17) is 4.74 Å². The maximum absolute atomic E-state index is 11.2. The van der Waals surface area contributed by atoms with E-state index in [-0.39, 0.29) is 17.5 Å². The standard InChI is InChI=1S/C12H22O3S/c1-9(11(13)14-4)7-16-8-10-5-6-12(2,3)15-10/h9-10H,5-8H2,1-4H3. The number of ether oxygens (including phenoxy) is 2. The van der Waals surface area contributed by atoms with Crippen LogP contribution in [0.3, 0.4) is 0 Å². The summed E-state index contributed by atoms with van der Waals surface area (Å²) in [6.07, 6.45) is 2.61. The van der Waals surface area contributed by atoms with Gasteiger partial charge in [0.1, 0.15) is 0 Å². The average Bonchev–Trinajstić information content (AvgIpc) is 2.57. The Labute approximate surface area is 102 Å². The predicted molar refractivity (Wildman–Crippen MR) is 66.7 cm³/mol. The first kappa shape index (κ1) is 13.8. The third-order valence-corrected chi connectivity index (χ3v) is 4.17. The van der Waals surface area contributed by atoms with Crippen LogP contribution in [0.15, 0.2) is 0 Å². The monoisotopic (exact) mass is 246 g/mol. The van der Waals surface area contributed by atoms with Crippen molar-refractivity contribution in [2.75, 3.05) is 18.6 Å². The zero-order valence-electron chi connectivity index (χ0n) is 10.6. The summed E-state index contributed by atoms with van der Waals surface area (Å²) in [6, 6.07) is 0. The smallest absolute Gasteiger partial charge is 0.309 e. The first-order chi connectivity index (χ1) is 7.44. The van der Waals surface area contributed by atoms with Gasteiger partial charge in [-0.2, -0.15) is 11.8 Å². The highest BCUT2D eigenvalue weighted by molar-refractivity contribution is 7.99. The summed E-state index contributed by atoms with van der Waals surface area (Å²) in [5.41, 5.74) is 0.0409. The molecular formula is C12H22O3S. The normalized spacial score (nSPS) is 25.4. The first-order valence-corrected chi connectivity index (χ1v) is 6.93. The largest absolute Gasteiger partial charge is 0.469 e. The van der Waals surface area contributed by atoms with Crippen molar-refractivity contribution in [1.82, 2.24) is 0 Å². The fourth-order valence-electron chi connectivity index (χ4n) is 1.84. The minimum absolute atomic E-state index is 0.0237. The molecular weight excluding hydrogens is 224 g/mol. The Bertz CT molecular complexity index is 240. The van der Waals surface area contributed by atoms with Crippen molar-refractivity contribution < 1.29 is 14.3 Å². The number of hydrogen-bond donors (Lipinski definition) is 0. The van der Waals surface area contributed by atoms with Crippen LogP contribution in [0.1, 0.15) is 33.6 Å². The molecule has 0 amide bonds. The number of thioether (sulfide) groups is 1. The lowest BCUT2D eigenvalue weighted by Gasteiger charge is -2.19. The van der Waals surface area contributed by atoms with Crippen molar-refractivity contribution in [3.63, 3.8) is 0 Å². The SMILES string of the molecule is COC(=O)C(C)CSCC1CCC(C)(C)O1. The van der Waals surface area contributed by atoms with E-state index in [1.54, 1.807) is 11.8 Å². The van der Waals surface area contributed by atoms with Gasteiger partial charge < -0.3 is 9.47 Å². The van der Waals surface area contributed by atoms with Crippen molar-refractivity contribution in [2.24, 2.45) is 5.92 Å². The molecule has 0 aromatic carbocycles. The molecule has 1 rings (SSSR count). The van der Waals surface area contributed by atoms with E-state index in [1.165, 1.54) is 7.11 Å². The summed E-state index contributed by atoms with van der Waals surface area (Å²) in [5, 5.41) is 0. The van der Waals surface area contributed by atoms with E-state index in [9.17, 15) is 4.79 Å². The molecule has 1 aliphatic rings. The van der Waals surface area contributed by atoms with Crippen molar-refractivity contribution in [2.45, 2.75) is 45.3 Å². The number of methoxy groups -OCH3 is 1. The molecule has 0 radical (unpaired) electrons. The van der Waals surface area contributed by atoms with Crippen LogP contribution in [-0.4, -0.2) is 36.3 Å². The second kappa shape index (κ2) is 5.92. The van der Waals surface area contributed by atoms with Crippen LogP contribution < -0.4 is 0 Å². The molecule has 1 aliphatic heterocycles. The van der Waals surface area contributed by atoms with Gasteiger partial charge >= 0.3 is 5.97 Å². The van der Waals surface area contributed by atoms with Gasteiger partial charge in [0.25, 0.3) is 0 Å². The Morgan fingerprint density at radius 2 is 2.31 bits per heavy atom. The lowest BCUT2D eigenvalue weighted by molar-refractivity contribution is -0.144. The molecule has 1 fully saturated rings. The van der Waals surface area contributed by atoms with Gasteiger partial charge in [-0.15, -0.1) is 0 Å². The van der Waals surface area contributed by atoms with Gasteiger partial charge in [0.15, 0.2) is 0 Å². The number of esters is 1. The first-order valence-electron chi connectivity index (χ1n) is 5.78. The summed E-state index contributed by atoms with van der Waals surface area (Å²) < 4.78 is 10.6. The van der Waals surface area contributed by atoms with E-state index >= 15 is 0 Å². The minimum Gasteiger partial charge on any atom is -0.469 e. The minimum atomic E-state index is -0.125. The lowest BCUT2D eigenvalue weighted by Crippen LogP contribution is -2.22. The zero-order valence-corrected chi connectivity index (χ0v) is 11.4. The van der Waals surface area contributed by atoms with Crippen LogP contribution >= 0.6 is 11.8 Å². The predicted octanol–water partition coefficient (Wildman–Crippen LogP) is 2.49. The van der Waals surface area contributed by atoms with Gasteiger partial charge in [-0.3, -0.25) is 4.79 Å². The Hall–Kier alpha value is -0.220. The third kappa shape index (κ3) is 4.34. The number of carbonyl (C=O) groups excluding carboxylic acids is 1. The summed E-state index contributed by atoms with van der Waals surface area (Å²) in [6.45, 7) is 6.17. The average molecular weight is 246 g/mol. The number of hydrogen-bond acceptors (Lipinski definition) is 4. The fraction of sp³-hybridized carbons (Fsp3) is 0.917. The van der Waals surface area contributed by atoms with Crippen molar-refractivity contribution in [3.05, 3.63) is 0 Å². The third-order valence-electron chi connectivity index (χ3n) is 2.83. The molecule has 0 aliphatic carbocycles. The Morgan fingerprint density at radius 3 is 2.81 bits per heavy atom. The van der Waals surface area contributed by atoms with Gasteiger partial charge in [-0.25, -0.2) is 0 Å². The van der Waals surface area contributed by atoms with E-state index in [0.29, 0.717) is 6.10 Å². The van der Waals surface area contributed by atoms with Crippen molar-refractivity contribution in [1.29, 1.82) is 0 Å². The molecule has 2 unspecified atom stereocenters. The molecule has 94 valence electrons. The van der Waals surface area contributed by atoms with Crippen LogP contribution in [0.2, 0.25) is 0 Å². The highest BCUT2D eigenvalue weighted by Gasteiger charge is 2.31. The quantitative estimate of drug-likeness (QED) is 0.698. The molecule has 0 aromatic rings. The topological polar surface area (TPSA) is 35.5 Å². The molecule has 4 heteroatoms. The summed E-state index contributed by atoms with van der Waals surface area (Å²) >= 11 is 1.78. The van der Waals surface area contributed by atoms with E-state index < -0.39 is 0 Å². The van der Waals surface area contributed by atoms with E-state index in [2.05, 4.69) is 18.6 Å². The van der Waals surface area contributed by atoms with Gasteiger partial charge in [0.05, 0.1) is 24.7 Å². The number of rotatable bonds is 5. The van der Waals surface area contributed by atoms with Crippen LogP contribution in [-0.2, 0) is 14.3 Å². The Balaban J connectivity index is 2.15. The Morgan fingerprint density at radius 1 is 1.62 bits per heavy atom.